The highest BCUT2D eigenvalue weighted by atomic mass is 32.1. The lowest BCUT2D eigenvalue weighted by molar-refractivity contribution is -0.615. The number of nitrogens with zero attached hydrogens (tertiary/aromatic N) is 1. The molecule has 1 aromatic heterocycles. The fourth-order valence-corrected chi connectivity index (χ4v) is 2.63. The number of carbonyl (C=O) groups excluding carboxylic acids is 1. The number of para-hydroxylation sites is 1. The summed E-state index contributed by atoms with van der Waals surface area (Å²) in [4.78, 5) is 23.2. The van der Waals surface area contributed by atoms with E-state index >= 15 is 0 Å². The Bertz CT molecular complexity index is 600. The fourth-order valence-electron chi connectivity index (χ4n) is 1.76. The minimum atomic E-state index is -2.23. The summed E-state index contributed by atoms with van der Waals surface area (Å²) in [6, 6.07) is 11.7. The summed E-state index contributed by atoms with van der Waals surface area (Å²) in [5, 5.41) is 15.6. The summed E-state index contributed by atoms with van der Waals surface area (Å²) in [7, 11) is 1.15. The van der Waals surface area contributed by atoms with Gasteiger partial charge in [-0.3, -0.25) is 14.9 Å². The Hall–Kier alpha value is -2.25. The Labute approximate surface area is 119 Å². The van der Waals surface area contributed by atoms with Crippen LogP contribution in [0.2, 0.25) is 0 Å². The molecule has 1 atom stereocenters. The van der Waals surface area contributed by atoms with Gasteiger partial charge in [-0.2, -0.15) is 0 Å². The number of hydrogen-bond donors (Lipinski definition) is 1. The molecule has 1 aromatic carbocycles. The number of nitrogens with one attached hydrogen (secondary N) is 1. The number of carbonyl (C=O) groups is 1. The Balaban J connectivity index is 2.37. The molecule has 0 aliphatic rings. The van der Waals surface area contributed by atoms with Crippen molar-refractivity contribution in [3.8, 4) is 0 Å². The van der Waals surface area contributed by atoms with Crippen molar-refractivity contribution in [3.63, 3.8) is 0 Å². The molecule has 1 amide bonds. The summed E-state index contributed by atoms with van der Waals surface area (Å²) in [5.74, 6) is -0.835. The fraction of sp³-hybridized carbons (Fsp3) is 0.154. The van der Waals surface area contributed by atoms with Crippen molar-refractivity contribution in [2.45, 2.75) is 5.72 Å². The van der Waals surface area contributed by atoms with E-state index in [1.165, 1.54) is 6.07 Å². The van der Waals surface area contributed by atoms with Crippen LogP contribution in [0.25, 0.3) is 0 Å². The number of ether oxygens (including phenoxy) is 1. The van der Waals surface area contributed by atoms with Gasteiger partial charge in [-0.15, -0.1) is 11.3 Å². The largest absolute Gasteiger partial charge is 0.439 e. The molecule has 20 heavy (non-hydrogen) atoms. The van der Waals surface area contributed by atoms with Gasteiger partial charge in [0, 0.05) is 12.8 Å². The van der Waals surface area contributed by atoms with Crippen LogP contribution in [-0.2, 0) is 15.3 Å². The highest BCUT2D eigenvalue weighted by Gasteiger charge is 2.55. The molecule has 2 rings (SSSR count). The molecule has 0 saturated carbocycles. The summed E-state index contributed by atoms with van der Waals surface area (Å²) in [6.07, 6.45) is 0. The van der Waals surface area contributed by atoms with E-state index in [0.717, 1.165) is 18.4 Å². The second kappa shape index (κ2) is 5.81. The van der Waals surface area contributed by atoms with Crippen molar-refractivity contribution in [1.82, 2.24) is 0 Å². The predicted octanol–water partition coefficient (Wildman–Crippen LogP) is 2.46. The maximum absolute atomic E-state index is 12.3. The number of nitro groups is 1. The number of methoxy groups -OCH3 is 1. The number of anilines is 1. The van der Waals surface area contributed by atoms with Crippen LogP contribution in [0.3, 0.4) is 0 Å². The molecule has 1 unspecified atom stereocenters. The van der Waals surface area contributed by atoms with Crippen LogP contribution in [0.15, 0.2) is 47.8 Å². The highest BCUT2D eigenvalue weighted by molar-refractivity contribution is 7.10. The van der Waals surface area contributed by atoms with Gasteiger partial charge in [-0.25, -0.2) is 0 Å². The second-order valence-electron chi connectivity index (χ2n) is 3.90. The van der Waals surface area contributed by atoms with Crippen LogP contribution >= 0.6 is 11.3 Å². The first-order chi connectivity index (χ1) is 9.61. The summed E-state index contributed by atoms with van der Waals surface area (Å²) >= 11 is 1.09. The van der Waals surface area contributed by atoms with Crippen LogP contribution in [0, 0.1) is 10.1 Å². The zero-order valence-corrected chi connectivity index (χ0v) is 11.4. The summed E-state index contributed by atoms with van der Waals surface area (Å²) < 4.78 is 4.98. The molecule has 104 valence electrons. The van der Waals surface area contributed by atoms with Crippen LogP contribution in [0.5, 0.6) is 0 Å². The lowest BCUT2D eigenvalue weighted by atomic mass is 10.1. The maximum atomic E-state index is 12.3. The molecule has 0 fully saturated rings. The number of benzene rings is 1. The SMILES string of the molecule is COC(C(=O)Nc1ccccc1)(c1cccs1)[N+](=O)[O-]. The van der Waals surface area contributed by atoms with Gasteiger partial charge in [0.2, 0.25) is 0 Å². The van der Waals surface area contributed by atoms with E-state index in [2.05, 4.69) is 5.32 Å². The van der Waals surface area contributed by atoms with E-state index in [1.807, 2.05) is 0 Å². The van der Waals surface area contributed by atoms with Crippen LogP contribution < -0.4 is 5.32 Å². The Morgan fingerprint density at radius 2 is 2.00 bits per heavy atom. The number of rotatable bonds is 5. The molecule has 1 N–H and O–H groups in total. The van der Waals surface area contributed by atoms with Crippen LogP contribution in [-0.4, -0.2) is 17.9 Å². The monoisotopic (exact) mass is 292 g/mol. The minimum absolute atomic E-state index is 0.221. The molecule has 0 saturated heterocycles. The third-order valence-corrected chi connectivity index (χ3v) is 3.71. The minimum Gasteiger partial charge on any atom is -0.317 e. The third kappa shape index (κ3) is 2.40. The first kappa shape index (κ1) is 14.2. The van der Waals surface area contributed by atoms with Gasteiger partial charge >= 0.3 is 11.6 Å². The topological polar surface area (TPSA) is 81.5 Å². The first-order valence-electron chi connectivity index (χ1n) is 5.71. The Morgan fingerprint density at radius 3 is 2.50 bits per heavy atom. The molecule has 0 spiro atoms. The average molecular weight is 292 g/mol. The van der Waals surface area contributed by atoms with Crippen molar-refractivity contribution >= 4 is 22.9 Å². The quantitative estimate of drug-likeness (QED) is 0.521. The lowest BCUT2D eigenvalue weighted by Crippen LogP contribution is -2.48. The second-order valence-corrected chi connectivity index (χ2v) is 4.85. The smallest absolute Gasteiger partial charge is 0.317 e. The molecular formula is C13H12N2O4S. The summed E-state index contributed by atoms with van der Waals surface area (Å²) in [6.45, 7) is 0. The van der Waals surface area contributed by atoms with E-state index in [9.17, 15) is 14.9 Å². The molecule has 6 nitrogen and oxygen atoms in total. The molecule has 0 radical (unpaired) electrons. The summed E-state index contributed by atoms with van der Waals surface area (Å²) in [5.41, 5.74) is -1.76. The van der Waals surface area contributed by atoms with E-state index in [4.69, 9.17) is 4.74 Å². The zero-order valence-electron chi connectivity index (χ0n) is 10.6. The lowest BCUT2D eigenvalue weighted by Gasteiger charge is -2.21. The van der Waals surface area contributed by atoms with Crippen molar-refractivity contribution in [2.75, 3.05) is 12.4 Å². The molecule has 7 heteroatoms. The van der Waals surface area contributed by atoms with E-state index in [0.29, 0.717) is 5.69 Å². The highest BCUT2D eigenvalue weighted by Crippen LogP contribution is 2.31. The van der Waals surface area contributed by atoms with Crippen molar-refractivity contribution < 1.29 is 14.5 Å². The van der Waals surface area contributed by atoms with Crippen molar-refractivity contribution in [1.29, 1.82) is 0 Å². The van der Waals surface area contributed by atoms with Gasteiger partial charge in [0.1, 0.15) is 4.88 Å². The van der Waals surface area contributed by atoms with Gasteiger partial charge in [0.05, 0.1) is 4.92 Å². The van der Waals surface area contributed by atoms with E-state index in [-0.39, 0.29) is 4.88 Å². The maximum Gasteiger partial charge on any atom is 0.439 e. The first-order valence-corrected chi connectivity index (χ1v) is 6.59. The molecule has 0 aliphatic heterocycles. The van der Waals surface area contributed by atoms with Crippen molar-refractivity contribution in [2.24, 2.45) is 0 Å². The van der Waals surface area contributed by atoms with Crippen molar-refractivity contribution in [3.05, 3.63) is 62.8 Å². The Kier molecular flexibility index (Phi) is 4.11. The molecule has 0 aliphatic carbocycles. The van der Waals surface area contributed by atoms with Crippen LogP contribution in [0.1, 0.15) is 4.88 Å². The molecule has 2 aromatic rings. The van der Waals surface area contributed by atoms with Gasteiger partial charge in [-0.1, -0.05) is 24.3 Å². The molecule has 0 bridgehead atoms. The van der Waals surface area contributed by atoms with Gasteiger partial charge in [0.15, 0.2) is 0 Å². The predicted molar refractivity (Wildman–Crippen MR) is 75.1 cm³/mol. The third-order valence-electron chi connectivity index (χ3n) is 2.75. The van der Waals surface area contributed by atoms with E-state index < -0.39 is 16.6 Å². The zero-order chi connectivity index (χ0) is 14.6. The normalized spacial score (nSPS) is 13.4. The van der Waals surface area contributed by atoms with Crippen LogP contribution in [0.4, 0.5) is 5.69 Å². The van der Waals surface area contributed by atoms with E-state index in [1.54, 1.807) is 41.8 Å². The molecule has 1 heterocycles. The molecular weight excluding hydrogens is 280 g/mol. The number of amides is 1. The van der Waals surface area contributed by atoms with Gasteiger partial charge in [0.25, 0.3) is 0 Å². The Morgan fingerprint density at radius 1 is 1.30 bits per heavy atom. The number of thiophene rings is 1. The van der Waals surface area contributed by atoms with Gasteiger partial charge < -0.3 is 10.1 Å². The standard InChI is InChI=1S/C13H12N2O4S/c1-19-13(15(17)18,11-8-5-9-20-11)12(16)14-10-6-3-2-4-7-10/h2-9H,1H3,(H,14,16). The van der Waals surface area contributed by atoms with Gasteiger partial charge in [-0.05, 0) is 23.6 Å². The average Bonchev–Trinajstić information content (AvgIpc) is 2.95. The number of hydrogen-bond acceptors (Lipinski definition) is 5.